The summed E-state index contributed by atoms with van der Waals surface area (Å²) in [5, 5.41) is 0. The van der Waals surface area contributed by atoms with Crippen LogP contribution in [0.2, 0.25) is 0 Å². The Kier molecular flexibility index (Phi) is 18.1. The van der Waals surface area contributed by atoms with Gasteiger partial charge >= 0.3 is 0 Å². The normalized spacial score (nSPS) is 9.73. The zero-order chi connectivity index (χ0) is 35.3. The van der Waals surface area contributed by atoms with Gasteiger partial charge in [-0.25, -0.2) is 0 Å². The zero-order valence-electron chi connectivity index (χ0n) is 31.2. The molecule has 0 spiro atoms. The van der Waals surface area contributed by atoms with Gasteiger partial charge in [-0.1, -0.05) is 211 Å². The second-order valence-corrected chi connectivity index (χ2v) is 12.2. The van der Waals surface area contributed by atoms with Crippen LogP contribution in [0.4, 0.5) is 0 Å². The average Bonchev–Trinajstić information content (AvgIpc) is 3.12. The first-order valence-corrected chi connectivity index (χ1v) is 17.6. The van der Waals surface area contributed by atoms with Crippen LogP contribution in [-0.2, 0) is 0 Å². The first-order chi connectivity index (χ1) is 23.2. The van der Waals surface area contributed by atoms with Crippen molar-refractivity contribution in [2.75, 3.05) is 0 Å². The van der Waals surface area contributed by atoms with E-state index in [1.807, 2.05) is 38.1 Å². The molecule has 0 aliphatic heterocycles. The lowest BCUT2D eigenvalue weighted by Crippen LogP contribution is -1.91. The minimum Gasteiger partial charge on any atom is -0.0683 e. The monoisotopic (exact) mass is 634 g/mol. The molecule has 0 unspecified atom stereocenters. The highest BCUT2D eigenvalue weighted by atomic mass is 14.2. The molecule has 6 aromatic rings. The summed E-state index contributed by atoms with van der Waals surface area (Å²) in [5.41, 5.74) is 14.4. The van der Waals surface area contributed by atoms with Crippen molar-refractivity contribution in [1.29, 1.82) is 0 Å². The van der Waals surface area contributed by atoms with Crippen molar-refractivity contribution in [2.24, 2.45) is 0 Å². The van der Waals surface area contributed by atoms with Gasteiger partial charge in [-0.05, 0) is 83.7 Å². The first-order valence-electron chi connectivity index (χ1n) is 17.6. The number of benzene rings is 6. The van der Waals surface area contributed by atoms with Gasteiger partial charge in [0.1, 0.15) is 0 Å². The third-order valence-electron chi connectivity index (χ3n) is 7.67. The Hall–Kier alpha value is -4.68. The van der Waals surface area contributed by atoms with Crippen LogP contribution >= 0.6 is 0 Å². The number of hydrogen-bond acceptors (Lipinski definition) is 0. The van der Waals surface area contributed by atoms with Gasteiger partial charge in [-0.15, -0.1) is 0 Å². The van der Waals surface area contributed by atoms with E-state index < -0.39 is 0 Å². The SMILES string of the molecule is CC.CC(C)c1ccccc1.CCC.Cc1ccc(-c2ccc(-c3cccc(C)c3-c3ccccc3C)cc2)cc1.Cc1ccccc1. The van der Waals surface area contributed by atoms with Crippen molar-refractivity contribution in [1.82, 2.24) is 0 Å². The molecule has 250 valence electrons. The summed E-state index contributed by atoms with van der Waals surface area (Å²) in [5.74, 6) is 0.659. The minimum absolute atomic E-state index is 0.659. The molecule has 0 aliphatic rings. The van der Waals surface area contributed by atoms with Gasteiger partial charge in [0.05, 0.1) is 0 Å². The van der Waals surface area contributed by atoms with Gasteiger partial charge in [0.2, 0.25) is 0 Å². The Balaban J connectivity index is 0.000000310. The van der Waals surface area contributed by atoms with Crippen LogP contribution < -0.4 is 0 Å². The first kappa shape index (κ1) is 39.5. The van der Waals surface area contributed by atoms with Crippen molar-refractivity contribution in [3.05, 3.63) is 179 Å². The third-order valence-corrected chi connectivity index (χ3v) is 7.67. The average molecular weight is 635 g/mol. The van der Waals surface area contributed by atoms with Crippen molar-refractivity contribution < 1.29 is 0 Å². The van der Waals surface area contributed by atoms with Gasteiger partial charge in [-0.2, -0.15) is 0 Å². The van der Waals surface area contributed by atoms with Gasteiger partial charge in [0.25, 0.3) is 0 Å². The van der Waals surface area contributed by atoms with Gasteiger partial charge in [0, 0.05) is 0 Å². The molecule has 0 nitrogen and oxygen atoms in total. The molecule has 48 heavy (non-hydrogen) atoms. The van der Waals surface area contributed by atoms with Crippen LogP contribution in [0.15, 0.2) is 152 Å². The molecule has 6 aromatic carbocycles. The van der Waals surface area contributed by atoms with E-state index in [-0.39, 0.29) is 0 Å². The van der Waals surface area contributed by atoms with E-state index in [2.05, 4.69) is 183 Å². The summed E-state index contributed by atoms with van der Waals surface area (Å²) >= 11 is 0. The van der Waals surface area contributed by atoms with Crippen LogP contribution in [0.3, 0.4) is 0 Å². The van der Waals surface area contributed by atoms with Crippen LogP contribution in [-0.4, -0.2) is 0 Å². The largest absolute Gasteiger partial charge is 0.0683 e. The Morgan fingerprint density at radius 2 is 0.792 bits per heavy atom. The van der Waals surface area contributed by atoms with Crippen molar-refractivity contribution in [3.8, 4) is 33.4 Å². The second kappa shape index (κ2) is 22.0. The van der Waals surface area contributed by atoms with E-state index in [0.29, 0.717) is 5.92 Å². The molecule has 0 fully saturated rings. The summed E-state index contributed by atoms with van der Waals surface area (Å²) in [6.07, 6.45) is 1.25. The van der Waals surface area contributed by atoms with E-state index in [1.54, 1.807) is 0 Å². The summed E-state index contributed by atoms with van der Waals surface area (Å²) < 4.78 is 0. The molecule has 0 N–H and O–H groups in total. The fourth-order valence-corrected chi connectivity index (χ4v) is 5.08. The molecule has 0 radical (unpaired) electrons. The maximum atomic E-state index is 2.24. The lowest BCUT2D eigenvalue weighted by molar-refractivity contribution is 0.867. The van der Waals surface area contributed by atoms with E-state index >= 15 is 0 Å². The molecule has 0 aliphatic carbocycles. The molecule has 0 bridgehead atoms. The highest BCUT2D eigenvalue weighted by molar-refractivity contribution is 5.87. The molecule has 0 saturated heterocycles. The van der Waals surface area contributed by atoms with Gasteiger partial charge in [-0.3, -0.25) is 0 Å². The van der Waals surface area contributed by atoms with E-state index in [9.17, 15) is 0 Å². The second-order valence-electron chi connectivity index (χ2n) is 12.2. The molecular formula is C48H58. The van der Waals surface area contributed by atoms with Gasteiger partial charge < -0.3 is 0 Å². The maximum absolute atomic E-state index is 2.24. The van der Waals surface area contributed by atoms with Crippen molar-refractivity contribution >= 4 is 0 Å². The van der Waals surface area contributed by atoms with Crippen LogP contribution in [0.1, 0.15) is 81.7 Å². The van der Waals surface area contributed by atoms with Crippen LogP contribution in [0, 0.1) is 27.7 Å². The predicted molar refractivity (Wildman–Crippen MR) is 216 cm³/mol. The standard InChI is InChI=1S/C27H24.C9H12.C7H8.C3H8.C2H6/c1-19-11-13-22(14-12-19)23-15-17-24(18-16-23)26-10-6-8-21(3)27(26)25-9-5-4-7-20(25)2;1-8(2)9-6-4-3-5-7-9;1-7-5-3-2-4-6-7;1-3-2;1-2/h4-18H,1-3H3;3-8H,1-2H3;2-6H,1H3;3H2,1-2H3;1-2H3. The molecule has 0 atom stereocenters. The van der Waals surface area contributed by atoms with Crippen LogP contribution in [0.5, 0.6) is 0 Å². The Labute approximate surface area is 293 Å². The summed E-state index contributed by atoms with van der Waals surface area (Å²) in [6, 6.07) is 53.7. The Morgan fingerprint density at radius 3 is 1.25 bits per heavy atom. The highest BCUT2D eigenvalue weighted by Gasteiger charge is 2.12. The van der Waals surface area contributed by atoms with Crippen molar-refractivity contribution in [3.63, 3.8) is 0 Å². The summed E-state index contributed by atoms with van der Waals surface area (Å²) in [7, 11) is 0. The summed E-state index contributed by atoms with van der Waals surface area (Å²) in [4.78, 5) is 0. The van der Waals surface area contributed by atoms with E-state index in [4.69, 9.17) is 0 Å². The molecule has 6 rings (SSSR count). The molecular weight excluding hydrogens is 577 g/mol. The number of hydrogen-bond donors (Lipinski definition) is 0. The Morgan fingerprint density at radius 1 is 0.396 bits per heavy atom. The van der Waals surface area contributed by atoms with E-state index in [0.717, 1.165) is 0 Å². The lowest BCUT2D eigenvalue weighted by Gasteiger charge is -2.16. The fourth-order valence-electron chi connectivity index (χ4n) is 5.08. The predicted octanol–water partition coefficient (Wildman–Crippen LogP) is 14.9. The summed E-state index contributed by atoms with van der Waals surface area (Å²) in [6.45, 7) is 21.3. The highest BCUT2D eigenvalue weighted by Crippen LogP contribution is 2.37. The molecule has 0 aromatic heterocycles. The molecule has 0 amide bonds. The zero-order valence-corrected chi connectivity index (χ0v) is 31.2. The third kappa shape index (κ3) is 12.8. The minimum atomic E-state index is 0.659. The van der Waals surface area contributed by atoms with Gasteiger partial charge in [0.15, 0.2) is 0 Å². The molecule has 0 heteroatoms. The van der Waals surface area contributed by atoms with Crippen molar-refractivity contribution in [2.45, 2.75) is 81.6 Å². The van der Waals surface area contributed by atoms with Crippen LogP contribution in [0.25, 0.3) is 33.4 Å². The fraction of sp³-hybridized carbons (Fsp3) is 0.250. The maximum Gasteiger partial charge on any atom is -0.00735 e. The molecule has 0 saturated carbocycles. The smallest absolute Gasteiger partial charge is 0.00735 e. The topological polar surface area (TPSA) is 0 Å². The quantitative estimate of drug-likeness (QED) is 0.181. The van der Waals surface area contributed by atoms with E-state index in [1.165, 1.54) is 67.6 Å². The number of aryl methyl sites for hydroxylation is 4. The lowest BCUT2D eigenvalue weighted by atomic mass is 9.88. The molecule has 0 heterocycles. The number of rotatable bonds is 4. The Bertz CT molecular complexity index is 1690.